The summed E-state index contributed by atoms with van der Waals surface area (Å²) in [5.74, 6) is -0.599. The molecule has 1 N–H and O–H groups in total. The summed E-state index contributed by atoms with van der Waals surface area (Å²) in [5, 5.41) is 13.0. The Morgan fingerprint density at radius 3 is 2.15 bits per heavy atom. The molecule has 184 valence electrons. The van der Waals surface area contributed by atoms with E-state index in [1.807, 2.05) is 78.9 Å². The first-order chi connectivity index (χ1) is 22.2. The van der Waals surface area contributed by atoms with E-state index in [2.05, 4.69) is 6.07 Å². The molecule has 0 amide bonds. The minimum atomic E-state index is -0.599. The number of benzene rings is 6. The fraction of sp³-hybridized carbons (Fsp3) is 0. The zero-order chi connectivity index (χ0) is 32.0. The number of phenols is 1. The normalized spacial score (nSPS) is 14.2. The van der Waals surface area contributed by atoms with Gasteiger partial charge in [0.05, 0.1) is 20.6 Å². The van der Waals surface area contributed by atoms with E-state index in [0.717, 1.165) is 44.2 Å². The number of para-hydroxylation sites is 2. The molecule has 0 saturated carbocycles. The number of hydrogen-bond acceptors (Lipinski definition) is 2. The topological polar surface area (TPSA) is 38.3 Å². The number of fused-ring (bicyclic) bond motifs is 6. The quantitative estimate of drug-likeness (QED) is 0.258. The molecule has 0 bridgehead atoms. The molecule has 2 heterocycles. The van der Waals surface area contributed by atoms with Crippen molar-refractivity contribution in [3.05, 3.63) is 133 Å². The van der Waals surface area contributed by atoms with Gasteiger partial charge >= 0.3 is 0 Å². The van der Waals surface area contributed by atoms with Crippen LogP contribution in [0.25, 0.3) is 71.7 Å². The van der Waals surface area contributed by atoms with Crippen molar-refractivity contribution in [1.29, 1.82) is 0 Å². The van der Waals surface area contributed by atoms with Crippen LogP contribution in [0.3, 0.4) is 0 Å². The second-order valence-corrected chi connectivity index (χ2v) is 9.44. The fourth-order valence-corrected chi connectivity index (χ4v) is 5.40. The first kappa shape index (κ1) is 15.9. The summed E-state index contributed by atoms with van der Waals surface area (Å²) >= 11 is 0. The third kappa shape index (κ3) is 3.37. The van der Waals surface area contributed by atoms with Crippen LogP contribution < -0.4 is 0 Å². The molecular weight excluding hydrogens is 478 g/mol. The van der Waals surface area contributed by atoms with Gasteiger partial charge in [-0.15, -0.1) is 0 Å². The SMILES string of the molecule is [2H]c1c([2H])c([2H])c2c(c1[2H])c1c(O)c([2H])c([2H])c([2H])c1n2-c1cccc(-c2ccc(-c3ccc4oc5ccccc5c4c3)cc2)c1. The van der Waals surface area contributed by atoms with Gasteiger partial charge in [0.15, 0.2) is 0 Å². The first-order valence-corrected chi connectivity index (χ1v) is 12.5. The molecule has 3 nitrogen and oxygen atoms in total. The van der Waals surface area contributed by atoms with Crippen LogP contribution in [0.1, 0.15) is 9.60 Å². The molecule has 0 aliphatic carbocycles. The second kappa shape index (κ2) is 8.37. The lowest BCUT2D eigenvalue weighted by atomic mass is 9.99. The molecule has 6 aromatic carbocycles. The van der Waals surface area contributed by atoms with Gasteiger partial charge in [0, 0.05) is 27.2 Å². The van der Waals surface area contributed by atoms with Gasteiger partial charge in [-0.05, 0) is 70.7 Å². The lowest BCUT2D eigenvalue weighted by Gasteiger charge is -2.11. The maximum Gasteiger partial charge on any atom is 0.135 e. The fourth-order valence-electron chi connectivity index (χ4n) is 5.40. The highest BCUT2D eigenvalue weighted by molar-refractivity contribution is 6.12. The molecule has 0 radical (unpaired) electrons. The van der Waals surface area contributed by atoms with Crippen LogP contribution in [0.5, 0.6) is 5.75 Å². The summed E-state index contributed by atoms with van der Waals surface area (Å²) < 4.78 is 66.7. The van der Waals surface area contributed by atoms with Crippen molar-refractivity contribution in [3.8, 4) is 33.7 Å². The number of nitrogens with zero attached hydrogens (tertiary/aromatic N) is 1. The maximum atomic E-state index is 11.0. The Balaban J connectivity index is 1.29. The predicted molar refractivity (Wildman–Crippen MR) is 161 cm³/mol. The Bertz CT molecular complexity index is 2490. The highest BCUT2D eigenvalue weighted by Crippen LogP contribution is 2.38. The Morgan fingerprint density at radius 2 is 1.28 bits per heavy atom. The van der Waals surface area contributed by atoms with Gasteiger partial charge in [0.1, 0.15) is 16.9 Å². The first-order valence-electron chi connectivity index (χ1n) is 16.0. The number of aromatic hydroxyl groups is 1. The van der Waals surface area contributed by atoms with E-state index in [9.17, 15) is 5.11 Å². The van der Waals surface area contributed by atoms with Crippen LogP contribution in [0.15, 0.2) is 138 Å². The number of furan rings is 1. The summed E-state index contributed by atoms with van der Waals surface area (Å²) in [4.78, 5) is 0. The van der Waals surface area contributed by atoms with E-state index in [4.69, 9.17) is 14.0 Å². The van der Waals surface area contributed by atoms with E-state index in [-0.39, 0.29) is 39.9 Å². The Kier molecular flexibility index (Phi) is 3.40. The van der Waals surface area contributed by atoms with Gasteiger partial charge in [-0.3, -0.25) is 0 Å². The molecule has 3 heteroatoms. The number of phenolic OH excluding ortho intramolecular Hbond substituents is 1. The summed E-state index contributed by atoms with van der Waals surface area (Å²) in [6, 6.07) is 26.3. The molecule has 0 aliphatic heterocycles. The van der Waals surface area contributed by atoms with E-state index in [0.29, 0.717) is 5.69 Å². The molecule has 2 aromatic heterocycles. The summed E-state index contributed by atoms with van der Waals surface area (Å²) in [6.07, 6.45) is 0. The molecule has 8 rings (SSSR count). The van der Waals surface area contributed by atoms with Gasteiger partial charge in [0.25, 0.3) is 0 Å². The number of aromatic nitrogens is 1. The number of hydrogen-bond donors (Lipinski definition) is 1. The van der Waals surface area contributed by atoms with Crippen molar-refractivity contribution >= 4 is 43.7 Å². The van der Waals surface area contributed by atoms with E-state index in [1.54, 1.807) is 6.07 Å². The molecule has 0 aliphatic rings. The van der Waals surface area contributed by atoms with Crippen LogP contribution in [-0.4, -0.2) is 9.67 Å². The van der Waals surface area contributed by atoms with Crippen LogP contribution in [0, 0.1) is 0 Å². The average molecular weight is 509 g/mol. The smallest absolute Gasteiger partial charge is 0.135 e. The minimum absolute atomic E-state index is 0.00220. The zero-order valence-corrected chi connectivity index (χ0v) is 20.5. The van der Waals surface area contributed by atoms with Crippen molar-refractivity contribution in [2.45, 2.75) is 0 Å². The molecule has 0 atom stereocenters. The number of rotatable bonds is 3. The third-order valence-electron chi connectivity index (χ3n) is 7.23. The highest BCUT2D eigenvalue weighted by atomic mass is 16.3. The van der Waals surface area contributed by atoms with E-state index < -0.39 is 29.9 Å². The standard InChI is InChI=1S/C36H23NO2/c38-33-13-6-12-32-36(33)29-10-1-3-11-31(29)37(32)27-8-5-7-25(21-27)23-15-17-24(18-16-23)26-19-20-35-30(22-26)28-9-2-4-14-34(28)39-35/h1-22,38H/i1D,3D,6D,10D,11D,12D,13D. The summed E-state index contributed by atoms with van der Waals surface area (Å²) in [7, 11) is 0. The third-order valence-corrected chi connectivity index (χ3v) is 7.23. The van der Waals surface area contributed by atoms with Gasteiger partial charge in [-0.2, -0.15) is 0 Å². The Labute approximate surface area is 234 Å². The van der Waals surface area contributed by atoms with Crippen molar-refractivity contribution in [3.63, 3.8) is 0 Å². The van der Waals surface area contributed by atoms with E-state index in [1.165, 1.54) is 4.57 Å². The zero-order valence-electron chi connectivity index (χ0n) is 27.5. The van der Waals surface area contributed by atoms with Crippen molar-refractivity contribution in [2.75, 3.05) is 0 Å². The lowest BCUT2D eigenvalue weighted by Crippen LogP contribution is -1.94. The van der Waals surface area contributed by atoms with Crippen molar-refractivity contribution in [2.24, 2.45) is 0 Å². The molecule has 0 unspecified atom stereocenters. The van der Waals surface area contributed by atoms with Crippen molar-refractivity contribution in [1.82, 2.24) is 4.57 Å². The summed E-state index contributed by atoms with van der Waals surface area (Å²) in [6.45, 7) is 0. The van der Waals surface area contributed by atoms with Crippen molar-refractivity contribution < 1.29 is 19.1 Å². The molecule has 0 spiro atoms. The molecule has 39 heavy (non-hydrogen) atoms. The molecule has 0 saturated heterocycles. The Morgan fingerprint density at radius 1 is 0.564 bits per heavy atom. The molecule has 0 fully saturated rings. The molecular formula is C36H23NO2. The van der Waals surface area contributed by atoms with Crippen LogP contribution in [0.4, 0.5) is 0 Å². The average Bonchev–Trinajstić information content (AvgIpc) is 3.64. The monoisotopic (exact) mass is 508 g/mol. The van der Waals surface area contributed by atoms with Gasteiger partial charge < -0.3 is 14.1 Å². The minimum Gasteiger partial charge on any atom is -0.507 e. The van der Waals surface area contributed by atoms with E-state index >= 15 is 0 Å². The second-order valence-electron chi connectivity index (χ2n) is 9.44. The van der Waals surface area contributed by atoms with Gasteiger partial charge in [-0.1, -0.05) is 84.8 Å². The largest absolute Gasteiger partial charge is 0.507 e. The van der Waals surface area contributed by atoms with Crippen LogP contribution in [-0.2, 0) is 0 Å². The lowest BCUT2D eigenvalue weighted by molar-refractivity contribution is 0.482. The highest BCUT2D eigenvalue weighted by Gasteiger charge is 2.15. The maximum absolute atomic E-state index is 11.0. The Hall–Kier alpha value is -5.28. The van der Waals surface area contributed by atoms with Gasteiger partial charge in [-0.25, -0.2) is 0 Å². The predicted octanol–water partition coefficient (Wildman–Crippen LogP) is 9.72. The molecule has 8 aromatic rings. The van der Waals surface area contributed by atoms with Crippen LogP contribution >= 0.6 is 0 Å². The van der Waals surface area contributed by atoms with Crippen LogP contribution in [0.2, 0.25) is 0 Å². The van der Waals surface area contributed by atoms with Gasteiger partial charge in [0.2, 0.25) is 0 Å². The summed E-state index contributed by atoms with van der Waals surface area (Å²) in [5.41, 5.74) is 6.02.